The minimum absolute atomic E-state index is 0.207. The summed E-state index contributed by atoms with van der Waals surface area (Å²) in [7, 11) is 0. The molecule has 0 atom stereocenters. The molecule has 2 rings (SSSR count). The highest BCUT2D eigenvalue weighted by molar-refractivity contribution is 7.98. The topological polar surface area (TPSA) is 49.2 Å². The van der Waals surface area contributed by atoms with Gasteiger partial charge >= 0.3 is 0 Å². The van der Waals surface area contributed by atoms with Crippen molar-refractivity contribution in [3.8, 4) is 0 Å². The van der Waals surface area contributed by atoms with E-state index < -0.39 is 0 Å². The summed E-state index contributed by atoms with van der Waals surface area (Å²) in [6, 6.07) is 1.88. The summed E-state index contributed by atoms with van der Waals surface area (Å²) in [5, 5.41) is 10.1. The average molecular weight is 197 g/mol. The maximum absolute atomic E-state index is 9.10. The van der Waals surface area contributed by atoms with Crippen LogP contribution in [0.4, 0.5) is 5.95 Å². The molecule has 0 spiro atoms. The van der Waals surface area contributed by atoms with Crippen LogP contribution in [0, 0.1) is 0 Å². The first-order valence-corrected chi connectivity index (χ1v) is 5.32. The second-order valence-electron chi connectivity index (χ2n) is 2.96. The number of β-amino-alcohol motifs (C(OH)–C–C–N with tert-alkyl or cyclic N) is 1. The van der Waals surface area contributed by atoms with Gasteiger partial charge in [0, 0.05) is 19.3 Å². The Kier molecular flexibility index (Phi) is 2.37. The normalized spacial score (nSPS) is 17.2. The quantitative estimate of drug-likeness (QED) is 0.548. The lowest BCUT2D eigenvalue weighted by Gasteiger charge is -2.35. The van der Waals surface area contributed by atoms with Crippen LogP contribution >= 0.6 is 11.8 Å². The van der Waals surface area contributed by atoms with Gasteiger partial charge in [-0.25, -0.2) is 9.97 Å². The SMILES string of the molecule is CSc1ccnc(N2CC(O)C2)n1. The van der Waals surface area contributed by atoms with E-state index in [2.05, 4.69) is 9.97 Å². The molecular weight excluding hydrogens is 186 g/mol. The summed E-state index contributed by atoms with van der Waals surface area (Å²) in [6.45, 7) is 1.30. The van der Waals surface area contributed by atoms with Crippen LogP contribution in [0.2, 0.25) is 0 Å². The lowest BCUT2D eigenvalue weighted by Crippen LogP contribution is -2.51. The van der Waals surface area contributed by atoms with Crippen LogP contribution in [-0.4, -0.2) is 40.5 Å². The second kappa shape index (κ2) is 3.51. The number of hydrogen-bond acceptors (Lipinski definition) is 5. The molecule has 1 aliphatic heterocycles. The van der Waals surface area contributed by atoms with Gasteiger partial charge < -0.3 is 10.0 Å². The molecule has 1 fully saturated rings. The Hall–Kier alpha value is -0.810. The molecule has 1 N–H and O–H groups in total. The Morgan fingerprint density at radius 1 is 1.62 bits per heavy atom. The molecule has 2 heterocycles. The lowest BCUT2D eigenvalue weighted by atomic mass is 10.2. The zero-order valence-electron chi connectivity index (χ0n) is 7.34. The number of anilines is 1. The average Bonchev–Trinajstić information content (AvgIpc) is 2.13. The maximum Gasteiger partial charge on any atom is 0.226 e. The largest absolute Gasteiger partial charge is 0.389 e. The summed E-state index contributed by atoms with van der Waals surface area (Å²) in [5.41, 5.74) is 0. The molecule has 0 bridgehead atoms. The predicted molar refractivity (Wildman–Crippen MR) is 52.0 cm³/mol. The highest BCUT2D eigenvalue weighted by Crippen LogP contribution is 2.18. The number of thioether (sulfide) groups is 1. The van der Waals surface area contributed by atoms with Crippen LogP contribution in [0.25, 0.3) is 0 Å². The van der Waals surface area contributed by atoms with Crippen LogP contribution in [0.1, 0.15) is 0 Å². The molecule has 70 valence electrons. The van der Waals surface area contributed by atoms with Crippen molar-refractivity contribution in [2.45, 2.75) is 11.1 Å². The molecule has 1 aliphatic rings. The molecule has 13 heavy (non-hydrogen) atoms. The fourth-order valence-corrected chi connectivity index (χ4v) is 1.59. The molecule has 4 nitrogen and oxygen atoms in total. The van der Waals surface area contributed by atoms with Gasteiger partial charge in [-0.3, -0.25) is 0 Å². The summed E-state index contributed by atoms with van der Waals surface area (Å²) < 4.78 is 0. The highest BCUT2D eigenvalue weighted by atomic mass is 32.2. The Morgan fingerprint density at radius 2 is 2.38 bits per heavy atom. The molecule has 0 amide bonds. The Morgan fingerprint density at radius 3 is 3.00 bits per heavy atom. The van der Waals surface area contributed by atoms with E-state index in [1.54, 1.807) is 18.0 Å². The standard InChI is InChI=1S/C8H11N3OS/c1-13-7-2-3-9-8(10-7)11-4-6(12)5-11/h2-3,6,12H,4-5H2,1H3. The fourth-order valence-electron chi connectivity index (χ4n) is 1.22. The van der Waals surface area contributed by atoms with Gasteiger partial charge in [-0.2, -0.15) is 0 Å². The van der Waals surface area contributed by atoms with E-state index in [0.717, 1.165) is 11.0 Å². The number of rotatable bonds is 2. The van der Waals surface area contributed by atoms with Gasteiger partial charge in [0.2, 0.25) is 5.95 Å². The van der Waals surface area contributed by atoms with Gasteiger partial charge in [-0.15, -0.1) is 11.8 Å². The van der Waals surface area contributed by atoms with E-state index in [1.165, 1.54) is 0 Å². The smallest absolute Gasteiger partial charge is 0.226 e. The van der Waals surface area contributed by atoms with Gasteiger partial charge in [0.1, 0.15) is 5.03 Å². The van der Waals surface area contributed by atoms with E-state index >= 15 is 0 Å². The van der Waals surface area contributed by atoms with E-state index in [1.807, 2.05) is 17.2 Å². The highest BCUT2D eigenvalue weighted by Gasteiger charge is 2.26. The first kappa shape index (κ1) is 8.77. The summed E-state index contributed by atoms with van der Waals surface area (Å²) in [5.74, 6) is 0.720. The molecule has 0 unspecified atom stereocenters. The maximum atomic E-state index is 9.10. The molecule has 0 aromatic carbocycles. The first-order chi connectivity index (χ1) is 6.29. The minimum atomic E-state index is -0.207. The van der Waals surface area contributed by atoms with Crippen LogP contribution in [0.15, 0.2) is 17.3 Å². The third-order valence-electron chi connectivity index (χ3n) is 1.97. The molecular formula is C8H11N3OS. The monoisotopic (exact) mass is 197 g/mol. The molecule has 5 heteroatoms. The number of aliphatic hydroxyl groups excluding tert-OH is 1. The van der Waals surface area contributed by atoms with Crippen LogP contribution < -0.4 is 4.90 Å². The molecule has 1 aromatic heterocycles. The van der Waals surface area contributed by atoms with Crippen molar-refractivity contribution in [2.75, 3.05) is 24.2 Å². The Labute approximate surface area is 81.0 Å². The Bertz CT molecular complexity index is 301. The molecule has 0 radical (unpaired) electrons. The van der Waals surface area contributed by atoms with Gasteiger partial charge in [0.25, 0.3) is 0 Å². The van der Waals surface area contributed by atoms with E-state index in [-0.39, 0.29) is 6.10 Å². The van der Waals surface area contributed by atoms with Crippen LogP contribution in [0.3, 0.4) is 0 Å². The van der Waals surface area contributed by atoms with Gasteiger partial charge in [-0.05, 0) is 12.3 Å². The van der Waals surface area contributed by atoms with Gasteiger partial charge in [-0.1, -0.05) is 0 Å². The van der Waals surface area contributed by atoms with Crippen molar-refractivity contribution in [1.82, 2.24) is 9.97 Å². The third kappa shape index (κ3) is 1.76. The fraction of sp³-hybridized carbons (Fsp3) is 0.500. The predicted octanol–water partition coefficient (Wildman–Crippen LogP) is 0.379. The lowest BCUT2D eigenvalue weighted by molar-refractivity contribution is 0.140. The third-order valence-corrected chi connectivity index (χ3v) is 2.62. The van der Waals surface area contributed by atoms with Crippen molar-refractivity contribution in [3.05, 3.63) is 12.3 Å². The number of aromatic nitrogens is 2. The first-order valence-electron chi connectivity index (χ1n) is 4.09. The summed E-state index contributed by atoms with van der Waals surface area (Å²) in [4.78, 5) is 10.4. The zero-order valence-corrected chi connectivity index (χ0v) is 8.16. The zero-order chi connectivity index (χ0) is 9.26. The summed E-state index contributed by atoms with van der Waals surface area (Å²) >= 11 is 1.60. The molecule has 0 saturated carbocycles. The van der Waals surface area contributed by atoms with E-state index in [9.17, 15) is 0 Å². The number of hydrogen-bond donors (Lipinski definition) is 1. The van der Waals surface area contributed by atoms with Crippen molar-refractivity contribution < 1.29 is 5.11 Å². The van der Waals surface area contributed by atoms with E-state index in [4.69, 9.17) is 5.11 Å². The van der Waals surface area contributed by atoms with Crippen molar-refractivity contribution >= 4 is 17.7 Å². The second-order valence-corrected chi connectivity index (χ2v) is 3.78. The summed E-state index contributed by atoms with van der Waals surface area (Å²) in [6.07, 6.45) is 3.53. The van der Waals surface area contributed by atoms with Crippen LogP contribution in [0.5, 0.6) is 0 Å². The molecule has 1 saturated heterocycles. The van der Waals surface area contributed by atoms with Crippen molar-refractivity contribution in [3.63, 3.8) is 0 Å². The van der Waals surface area contributed by atoms with Crippen LogP contribution in [-0.2, 0) is 0 Å². The van der Waals surface area contributed by atoms with Crippen molar-refractivity contribution in [2.24, 2.45) is 0 Å². The molecule has 0 aliphatic carbocycles. The minimum Gasteiger partial charge on any atom is -0.389 e. The van der Waals surface area contributed by atoms with Gasteiger partial charge in [0.15, 0.2) is 0 Å². The number of aliphatic hydroxyl groups is 1. The van der Waals surface area contributed by atoms with Crippen molar-refractivity contribution in [1.29, 1.82) is 0 Å². The Balaban J connectivity index is 2.12. The molecule has 1 aromatic rings. The van der Waals surface area contributed by atoms with Gasteiger partial charge in [0.05, 0.1) is 6.10 Å². The number of nitrogens with zero attached hydrogens (tertiary/aromatic N) is 3. The van der Waals surface area contributed by atoms with E-state index in [0.29, 0.717) is 13.1 Å².